The summed E-state index contributed by atoms with van der Waals surface area (Å²) in [7, 11) is -2.34. The Morgan fingerprint density at radius 3 is 2.58 bits per heavy atom. The molecule has 2 aliphatic heterocycles. The fraction of sp³-hybridized carbons (Fsp3) is 0.368. The number of nitrogens with one attached hydrogen (secondary N) is 1. The van der Waals surface area contributed by atoms with Gasteiger partial charge in [-0.25, -0.2) is 22.8 Å². The van der Waals surface area contributed by atoms with Crippen LogP contribution in [-0.4, -0.2) is 61.0 Å². The Labute approximate surface area is 177 Å². The summed E-state index contributed by atoms with van der Waals surface area (Å²) in [6.07, 6.45) is 2.52. The van der Waals surface area contributed by atoms with Gasteiger partial charge < -0.3 is 20.5 Å². The number of rotatable bonds is 4. The molecule has 164 valence electrons. The van der Waals surface area contributed by atoms with Gasteiger partial charge in [-0.05, 0) is 25.1 Å². The molecule has 0 aliphatic carbocycles. The van der Waals surface area contributed by atoms with Crippen LogP contribution < -0.4 is 15.8 Å². The minimum Gasteiger partial charge on any atom is -0.480 e. The number of anilines is 1. The average molecular weight is 449 g/mol. The van der Waals surface area contributed by atoms with E-state index in [4.69, 9.17) is 15.2 Å². The van der Waals surface area contributed by atoms with Crippen molar-refractivity contribution in [2.75, 3.05) is 31.4 Å². The van der Waals surface area contributed by atoms with Gasteiger partial charge in [0.2, 0.25) is 5.88 Å². The van der Waals surface area contributed by atoms with Gasteiger partial charge in [0.15, 0.2) is 14.6 Å². The molecule has 1 atom stereocenters. The summed E-state index contributed by atoms with van der Waals surface area (Å²) in [5.74, 6) is -1.55. The molecular formula is C19H20FN5O5S. The lowest BCUT2D eigenvalue weighted by Crippen LogP contribution is -2.68. The first-order valence-corrected chi connectivity index (χ1v) is 10.9. The van der Waals surface area contributed by atoms with Crippen LogP contribution in [0.3, 0.4) is 0 Å². The van der Waals surface area contributed by atoms with Crippen LogP contribution in [0.4, 0.5) is 10.1 Å². The van der Waals surface area contributed by atoms with Gasteiger partial charge in [-0.15, -0.1) is 0 Å². The lowest BCUT2D eigenvalue weighted by Gasteiger charge is -2.46. The van der Waals surface area contributed by atoms with E-state index in [1.165, 1.54) is 38.6 Å². The molecule has 12 heteroatoms. The predicted molar refractivity (Wildman–Crippen MR) is 109 cm³/mol. The number of nitrogens with zero attached hydrogens (tertiary/aromatic N) is 3. The Morgan fingerprint density at radius 1 is 1.29 bits per heavy atom. The minimum absolute atomic E-state index is 0.00673. The Kier molecular flexibility index (Phi) is 4.93. The molecule has 4 rings (SSSR count). The summed E-state index contributed by atoms with van der Waals surface area (Å²) >= 11 is 0. The van der Waals surface area contributed by atoms with Gasteiger partial charge in [0.05, 0.1) is 38.5 Å². The number of hydrogen-bond donors (Lipinski definition) is 2. The molecule has 0 unspecified atom stereocenters. The quantitative estimate of drug-likeness (QED) is 0.692. The number of carbonyl (C=O) groups excluding carboxylic acids is 1. The largest absolute Gasteiger partial charge is 0.480 e. The molecule has 1 spiro atoms. The highest BCUT2D eigenvalue weighted by atomic mass is 32.2. The molecule has 1 saturated heterocycles. The molecular weight excluding hydrogens is 429 g/mol. The smallest absolute Gasteiger partial charge is 0.275 e. The third-order valence-electron chi connectivity index (χ3n) is 5.45. The second-order valence-corrected chi connectivity index (χ2v) is 9.91. The van der Waals surface area contributed by atoms with E-state index in [1.807, 2.05) is 0 Å². The van der Waals surface area contributed by atoms with Crippen LogP contribution in [0.15, 0.2) is 35.6 Å². The van der Waals surface area contributed by atoms with Crippen LogP contribution in [0, 0.1) is 5.82 Å². The van der Waals surface area contributed by atoms with E-state index >= 15 is 0 Å². The zero-order valence-electron chi connectivity index (χ0n) is 16.8. The van der Waals surface area contributed by atoms with E-state index in [2.05, 4.69) is 20.3 Å². The topological polar surface area (TPSA) is 146 Å². The highest BCUT2D eigenvalue weighted by molar-refractivity contribution is 7.93. The molecule has 3 N–H and O–H groups in total. The number of methoxy groups -OCH3 is 1. The first-order valence-electron chi connectivity index (χ1n) is 9.23. The van der Waals surface area contributed by atoms with Gasteiger partial charge in [0.25, 0.3) is 5.91 Å². The number of aliphatic imine (C=N–C) groups is 1. The second kappa shape index (κ2) is 7.24. The Hall–Kier alpha value is -3.12. The van der Waals surface area contributed by atoms with E-state index in [-0.39, 0.29) is 41.9 Å². The van der Waals surface area contributed by atoms with Crippen molar-refractivity contribution < 1.29 is 27.1 Å². The SMILES string of the molecule is COc1cnc(C(=O)Nc2ccc(F)c([C@]3(C)CS(=O)(=O)C4(COC4)C(N)=N3)c2)cn1. The molecule has 0 bridgehead atoms. The number of halogens is 1. The van der Waals surface area contributed by atoms with Crippen molar-refractivity contribution >= 4 is 27.3 Å². The third kappa shape index (κ3) is 3.41. The van der Waals surface area contributed by atoms with Gasteiger partial charge >= 0.3 is 0 Å². The van der Waals surface area contributed by atoms with E-state index in [1.54, 1.807) is 0 Å². The number of aromatic nitrogens is 2. The molecule has 1 amide bonds. The number of sulfone groups is 1. The van der Waals surface area contributed by atoms with Crippen molar-refractivity contribution in [3.05, 3.63) is 47.7 Å². The van der Waals surface area contributed by atoms with Crippen molar-refractivity contribution in [2.45, 2.75) is 17.2 Å². The fourth-order valence-electron chi connectivity index (χ4n) is 3.57. The van der Waals surface area contributed by atoms with Crippen LogP contribution in [0.1, 0.15) is 23.0 Å². The maximum atomic E-state index is 14.7. The number of ether oxygens (including phenoxy) is 2. The number of amidine groups is 1. The molecule has 0 saturated carbocycles. The van der Waals surface area contributed by atoms with E-state index < -0.39 is 37.6 Å². The van der Waals surface area contributed by atoms with Crippen molar-refractivity contribution in [3.63, 3.8) is 0 Å². The average Bonchev–Trinajstić information content (AvgIpc) is 2.67. The fourth-order valence-corrected chi connectivity index (χ4v) is 5.70. The van der Waals surface area contributed by atoms with Gasteiger partial charge in [0.1, 0.15) is 22.9 Å². The lowest BCUT2D eigenvalue weighted by molar-refractivity contribution is 0.0148. The number of hydrogen-bond acceptors (Lipinski definition) is 9. The number of nitrogens with two attached hydrogens (primary N) is 1. The standard InChI is InChI=1S/C19H20FN5O5S/c1-18(10-31(27,28)19(8-30-9-19)17(21)25-18)12-5-11(3-4-13(12)20)24-16(26)14-6-23-15(29-2)7-22-14/h3-7H,8-10H2,1-2H3,(H2,21,25)(H,24,26)/t18-/m0/s1. The van der Waals surface area contributed by atoms with Gasteiger partial charge in [-0.2, -0.15) is 0 Å². The molecule has 1 aromatic carbocycles. The van der Waals surface area contributed by atoms with Gasteiger partial charge in [-0.1, -0.05) is 0 Å². The van der Waals surface area contributed by atoms with Crippen molar-refractivity contribution in [1.82, 2.24) is 9.97 Å². The first kappa shape index (κ1) is 21.1. The number of benzene rings is 1. The van der Waals surface area contributed by atoms with Crippen LogP contribution in [0.5, 0.6) is 5.88 Å². The van der Waals surface area contributed by atoms with Crippen LogP contribution >= 0.6 is 0 Å². The van der Waals surface area contributed by atoms with Crippen molar-refractivity contribution in [2.24, 2.45) is 10.7 Å². The van der Waals surface area contributed by atoms with E-state index in [0.717, 1.165) is 6.07 Å². The van der Waals surface area contributed by atoms with Gasteiger partial charge in [0, 0.05) is 11.3 Å². The summed E-state index contributed by atoms with van der Waals surface area (Å²) in [6.45, 7) is 1.35. The summed E-state index contributed by atoms with van der Waals surface area (Å²) in [4.78, 5) is 24.7. The first-order chi connectivity index (χ1) is 14.6. The second-order valence-electron chi connectivity index (χ2n) is 7.61. The highest BCUT2D eigenvalue weighted by Gasteiger charge is 2.59. The summed E-state index contributed by atoms with van der Waals surface area (Å²) in [5.41, 5.74) is 4.79. The molecule has 3 heterocycles. The zero-order chi connectivity index (χ0) is 22.4. The molecule has 0 radical (unpaired) electrons. The normalized spacial score (nSPS) is 23.5. The maximum Gasteiger partial charge on any atom is 0.275 e. The highest BCUT2D eigenvalue weighted by Crippen LogP contribution is 2.41. The monoisotopic (exact) mass is 449 g/mol. The van der Waals surface area contributed by atoms with Crippen molar-refractivity contribution in [1.29, 1.82) is 0 Å². The van der Waals surface area contributed by atoms with Crippen LogP contribution in [0.25, 0.3) is 0 Å². The molecule has 10 nitrogen and oxygen atoms in total. The molecule has 31 heavy (non-hydrogen) atoms. The van der Waals surface area contributed by atoms with E-state index in [0.29, 0.717) is 0 Å². The van der Waals surface area contributed by atoms with Crippen molar-refractivity contribution in [3.8, 4) is 5.88 Å². The number of amides is 1. The summed E-state index contributed by atoms with van der Waals surface area (Å²) in [5, 5.41) is 2.59. The Morgan fingerprint density at radius 2 is 2.03 bits per heavy atom. The number of carbonyl (C=O) groups is 1. The molecule has 2 aromatic rings. The van der Waals surface area contributed by atoms with Crippen LogP contribution in [-0.2, 0) is 20.1 Å². The predicted octanol–water partition coefficient (Wildman–Crippen LogP) is 0.646. The van der Waals surface area contributed by atoms with Gasteiger partial charge in [-0.3, -0.25) is 9.79 Å². The van der Waals surface area contributed by atoms with E-state index in [9.17, 15) is 17.6 Å². The van der Waals surface area contributed by atoms with Crippen LogP contribution in [0.2, 0.25) is 0 Å². The minimum atomic E-state index is -3.76. The lowest BCUT2D eigenvalue weighted by atomic mass is 9.92. The molecule has 1 aromatic heterocycles. The molecule has 2 aliphatic rings. The third-order valence-corrected chi connectivity index (χ3v) is 8.02. The zero-order valence-corrected chi connectivity index (χ0v) is 17.6. The molecule has 1 fully saturated rings. The Balaban J connectivity index is 1.65. The Bertz CT molecular complexity index is 1180. The summed E-state index contributed by atoms with van der Waals surface area (Å²) in [6, 6.07) is 3.82. The maximum absolute atomic E-state index is 14.7. The summed E-state index contributed by atoms with van der Waals surface area (Å²) < 4.78 is 49.2.